The lowest BCUT2D eigenvalue weighted by Crippen LogP contribution is -2.47. The van der Waals surface area contributed by atoms with Gasteiger partial charge in [0.25, 0.3) is 0 Å². The number of carbonyl (C=O) groups is 3. The number of likely N-dealkylation sites (tertiary alicyclic amines) is 1. The van der Waals surface area contributed by atoms with E-state index in [-0.39, 0.29) is 30.3 Å². The molecule has 2 fully saturated rings. The van der Waals surface area contributed by atoms with Crippen molar-refractivity contribution in [3.8, 4) is 0 Å². The fourth-order valence-corrected chi connectivity index (χ4v) is 6.59. The monoisotopic (exact) mass is 585 g/mol. The molecule has 3 aliphatic rings. The molecule has 0 spiro atoms. The van der Waals surface area contributed by atoms with Crippen LogP contribution in [0.3, 0.4) is 0 Å². The minimum atomic E-state index is -4.48. The highest BCUT2D eigenvalue weighted by molar-refractivity contribution is 5.94. The fraction of sp³-hybridized carbons (Fsp3) is 0.516. The van der Waals surface area contributed by atoms with Gasteiger partial charge in [-0.2, -0.15) is 13.2 Å². The minimum Gasteiger partial charge on any atom is -0.465 e. The Kier molecular flexibility index (Phi) is 8.59. The number of amides is 2. The molecule has 2 aliphatic heterocycles. The van der Waals surface area contributed by atoms with Crippen molar-refractivity contribution in [2.45, 2.75) is 64.2 Å². The second kappa shape index (κ2) is 12.0. The van der Waals surface area contributed by atoms with Crippen LogP contribution >= 0.6 is 0 Å². The van der Waals surface area contributed by atoms with Gasteiger partial charge in [0.1, 0.15) is 0 Å². The van der Waals surface area contributed by atoms with E-state index in [2.05, 4.69) is 15.2 Å². The number of nitrogens with zero attached hydrogens (tertiary/aromatic N) is 3. The molecule has 1 saturated carbocycles. The summed E-state index contributed by atoms with van der Waals surface area (Å²) in [4.78, 5) is 46.4. The van der Waals surface area contributed by atoms with Crippen molar-refractivity contribution in [1.29, 1.82) is 0 Å². The van der Waals surface area contributed by atoms with Crippen molar-refractivity contribution in [2.24, 2.45) is 11.3 Å². The number of methoxy groups -OCH3 is 1. The molecule has 1 aromatic heterocycles. The summed E-state index contributed by atoms with van der Waals surface area (Å²) in [6.45, 7) is 3.98. The average molecular weight is 586 g/mol. The SMILES string of the molecule is C[CH][C@]1(C(=O)N2CCc3ncc(C(F)(F)F)cc3C2)CCC(N2CCC(C(=O)Nc3ccc(C(=O)OC)cc3)CC2)C1. The molecule has 1 saturated heterocycles. The predicted molar refractivity (Wildman–Crippen MR) is 149 cm³/mol. The maximum absolute atomic E-state index is 13.8. The van der Waals surface area contributed by atoms with Crippen LogP contribution in [0, 0.1) is 17.8 Å². The highest BCUT2D eigenvalue weighted by Gasteiger charge is 2.48. The van der Waals surface area contributed by atoms with Crippen LogP contribution in [0.1, 0.15) is 66.2 Å². The van der Waals surface area contributed by atoms with Crippen molar-refractivity contribution in [2.75, 3.05) is 32.1 Å². The van der Waals surface area contributed by atoms with Crippen molar-refractivity contribution in [3.63, 3.8) is 0 Å². The zero-order valence-electron chi connectivity index (χ0n) is 23.9. The molecule has 11 heteroatoms. The topological polar surface area (TPSA) is 91.8 Å². The van der Waals surface area contributed by atoms with E-state index in [0.29, 0.717) is 61.2 Å². The predicted octanol–water partition coefficient (Wildman–Crippen LogP) is 4.89. The number of hydrogen-bond acceptors (Lipinski definition) is 6. The maximum Gasteiger partial charge on any atom is 0.417 e. The highest BCUT2D eigenvalue weighted by atomic mass is 19.4. The third-order valence-corrected chi connectivity index (χ3v) is 9.15. The lowest BCUT2D eigenvalue weighted by Gasteiger charge is -2.38. The van der Waals surface area contributed by atoms with Crippen LogP contribution in [-0.4, -0.2) is 65.4 Å². The molecule has 2 aromatic rings. The molecule has 2 amide bonds. The number of alkyl halides is 3. The zero-order valence-corrected chi connectivity index (χ0v) is 23.9. The third-order valence-electron chi connectivity index (χ3n) is 9.15. The number of ether oxygens (including phenoxy) is 1. The van der Waals surface area contributed by atoms with Gasteiger partial charge in [0.2, 0.25) is 11.8 Å². The number of esters is 1. The summed E-state index contributed by atoms with van der Waals surface area (Å²) < 4.78 is 44.4. The number of pyridine rings is 1. The number of fused-ring (bicyclic) bond motifs is 1. The van der Waals surface area contributed by atoms with E-state index in [1.54, 1.807) is 29.2 Å². The number of piperidine rings is 1. The molecule has 1 radical (unpaired) electrons. The Hall–Kier alpha value is -3.47. The van der Waals surface area contributed by atoms with Gasteiger partial charge < -0.3 is 19.9 Å². The Balaban J connectivity index is 1.15. The third kappa shape index (κ3) is 6.16. The summed E-state index contributed by atoms with van der Waals surface area (Å²) in [5.41, 5.74) is 0.681. The first-order valence-corrected chi connectivity index (χ1v) is 14.4. The van der Waals surface area contributed by atoms with Crippen LogP contribution in [0.15, 0.2) is 36.5 Å². The molecule has 1 unspecified atom stereocenters. The lowest BCUT2D eigenvalue weighted by atomic mass is 9.80. The standard InChI is InChI=1S/C31H36F3N4O4/c1-3-30(29(41)38-15-11-26-22(19-38)16-23(18-35-26)31(32,33)34)12-8-25(17-30)37-13-9-20(10-14-37)27(39)36-24-6-4-21(5-7-24)28(40)42-2/h3-7,16,18,20,25H,8-15,17,19H2,1-2H3,(H,36,39)/t25?,30-/m0/s1. The van der Waals surface area contributed by atoms with Crippen LogP contribution in [0.2, 0.25) is 0 Å². The summed E-state index contributed by atoms with van der Waals surface area (Å²) >= 11 is 0. The Morgan fingerprint density at radius 3 is 2.45 bits per heavy atom. The Morgan fingerprint density at radius 2 is 1.81 bits per heavy atom. The summed E-state index contributed by atoms with van der Waals surface area (Å²) in [5.74, 6) is -0.637. The second-order valence-corrected chi connectivity index (χ2v) is 11.5. The number of hydrogen-bond donors (Lipinski definition) is 1. The van der Waals surface area contributed by atoms with E-state index < -0.39 is 23.1 Å². The molecule has 8 nitrogen and oxygen atoms in total. The van der Waals surface area contributed by atoms with Crippen molar-refractivity contribution >= 4 is 23.5 Å². The number of carbonyl (C=O) groups excluding carboxylic acids is 3. The number of nitrogens with one attached hydrogen (secondary N) is 1. The molecular formula is C31H36F3N4O4. The number of benzene rings is 1. The van der Waals surface area contributed by atoms with E-state index >= 15 is 0 Å². The van der Waals surface area contributed by atoms with Crippen LogP contribution in [-0.2, 0) is 33.5 Å². The molecule has 1 N–H and O–H groups in total. The molecule has 5 rings (SSSR count). The molecule has 2 atom stereocenters. The fourth-order valence-electron chi connectivity index (χ4n) is 6.59. The van der Waals surface area contributed by atoms with Gasteiger partial charge in [-0.3, -0.25) is 14.6 Å². The maximum atomic E-state index is 13.8. The van der Waals surface area contributed by atoms with Gasteiger partial charge in [0.05, 0.1) is 23.7 Å². The number of rotatable bonds is 6. The molecule has 1 aromatic carbocycles. The van der Waals surface area contributed by atoms with Crippen LogP contribution in [0.4, 0.5) is 18.9 Å². The van der Waals surface area contributed by atoms with Crippen molar-refractivity contribution < 1.29 is 32.3 Å². The van der Waals surface area contributed by atoms with E-state index in [1.165, 1.54) is 7.11 Å². The van der Waals surface area contributed by atoms with Crippen molar-refractivity contribution in [1.82, 2.24) is 14.8 Å². The molecule has 3 heterocycles. The average Bonchev–Trinajstić information content (AvgIpc) is 3.45. The molecular weight excluding hydrogens is 549 g/mol. The van der Waals surface area contributed by atoms with Crippen LogP contribution < -0.4 is 5.32 Å². The molecule has 42 heavy (non-hydrogen) atoms. The van der Waals surface area contributed by atoms with E-state index in [9.17, 15) is 27.6 Å². The van der Waals surface area contributed by atoms with Gasteiger partial charge in [-0.1, -0.05) is 6.92 Å². The van der Waals surface area contributed by atoms with Crippen LogP contribution in [0.5, 0.6) is 0 Å². The minimum absolute atomic E-state index is 0.0250. The van der Waals surface area contributed by atoms with E-state index in [1.807, 2.05) is 13.3 Å². The van der Waals surface area contributed by atoms with Gasteiger partial charge in [-0.15, -0.1) is 0 Å². The first-order chi connectivity index (χ1) is 20.0. The van der Waals surface area contributed by atoms with Gasteiger partial charge in [0, 0.05) is 49.0 Å². The molecule has 225 valence electrons. The lowest BCUT2D eigenvalue weighted by molar-refractivity contribution is -0.141. The van der Waals surface area contributed by atoms with E-state index in [4.69, 9.17) is 4.74 Å². The Bertz CT molecular complexity index is 1320. The summed E-state index contributed by atoms with van der Waals surface area (Å²) in [7, 11) is 1.32. The van der Waals surface area contributed by atoms with Crippen LogP contribution in [0.25, 0.3) is 0 Å². The van der Waals surface area contributed by atoms with Gasteiger partial charge in [0.15, 0.2) is 0 Å². The highest BCUT2D eigenvalue weighted by Crippen LogP contribution is 2.45. The number of anilines is 1. The van der Waals surface area contributed by atoms with E-state index in [0.717, 1.165) is 31.8 Å². The van der Waals surface area contributed by atoms with Gasteiger partial charge >= 0.3 is 12.1 Å². The second-order valence-electron chi connectivity index (χ2n) is 11.5. The zero-order chi connectivity index (χ0) is 30.1. The summed E-state index contributed by atoms with van der Waals surface area (Å²) in [6.07, 6.45) is 2.42. The number of aromatic nitrogens is 1. The van der Waals surface area contributed by atoms with Gasteiger partial charge in [-0.05, 0) is 87.5 Å². The summed E-state index contributed by atoms with van der Waals surface area (Å²) in [6, 6.07) is 7.92. The first-order valence-electron chi connectivity index (χ1n) is 14.4. The van der Waals surface area contributed by atoms with Gasteiger partial charge in [-0.25, -0.2) is 4.79 Å². The number of halogens is 3. The smallest absolute Gasteiger partial charge is 0.417 e. The quantitative estimate of drug-likeness (QED) is 0.486. The normalized spacial score (nSPS) is 23.4. The first kappa shape index (κ1) is 30.0. The molecule has 1 aliphatic carbocycles. The largest absolute Gasteiger partial charge is 0.465 e. The summed E-state index contributed by atoms with van der Waals surface area (Å²) in [5, 5.41) is 2.94. The van der Waals surface area contributed by atoms with Crippen molar-refractivity contribution in [3.05, 3.63) is 65.3 Å². The Morgan fingerprint density at radius 1 is 1.10 bits per heavy atom. The molecule has 0 bridgehead atoms. The Labute approximate surface area is 243 Å².